The minimum Gasteiger partial charge on any atom is -0.465 e. The predicted molar refractivity (Wildman–Crippen MR) is 73.7 cm³/mol. The highest BCUT2D eigenvalue weighted by molar-refractivity contribution is 8.00. The molecule has 0 amide bonds. The molecular formula is C14H20O3S. The molecule has 0 aliphatic rings. The van der Waals surface area contributed by atoms with Gasteiger partial charge in [0.05, 0.1) is 18.5 Å². The van der Waals surface area contributed by atoms with Gasteiger partial charge < -0.3 is 9.84 Å². The van der Waals surface area contributed by atoms with Gasteiger partial charge in [-0.2, -0.15) is 0 Å². The number of carbonyl (C=O) groups is 1. The van der Waals surface area contributed by atoms with Crippen molar-refractivity contribution in [3.8, 4) is 0 Å². The Hall–Kier alpha value is -1.00. The SMILES string of the molecule is CCCCOC(=O)CSc1ccc(C(C)O)cc1. The van der Waals surface area contributed by atoms with Gasteiger partial charge in [-0.25, -0.2) is 0 Å². The number of unbranched alkanes of at least 4 members (excludes halogenated alkanes) is 1. The lowest BCUT2D eigenvalue weighted by molar-refractivity contribution is -0.140. The molecular weight excluding hydrogens is 248 g/mol. The number of rotatable bonds is 7. The predicted octanol–water partition coefficient (Wildman–Crippen LogP) is 3.18. The van der Waals surface area contributed by atoms with Gasteiger partial charge in [-0.3, -0.25) is 4.79 Å². The molecule has 100 valence electrons. The molecule has 0 bridgehead atoms. The van der Waals surface area contributed by atoms with E-state index in [-0.39, 0.29) is 5.97 Å². The summed E-state index contributed by atoms with van der Waals surface area (Å²) in [7, 11) is 0. The second kappa shape index (κ2) is 8.16. The summed E-state index contributed by atoms with van der Waals surface area (Å²) in [5, 5.41) is 9.37. The molecule has 4 heteroatoms. The molecule has 0 saturated heterocycles. The van der Waals surface area contributed by atoms with Crippen molar-refractivity contribution in [2.24, 2.45) is 0 Å². The molecule has 0 radical (unpaired) electrons. The normalized spacial score (nSPS) is 12.2. The third-order valence-electron chi connectivity index (χ3n) is 2.48. The maximum absolute atomic E-state index is 11.4. The Kier molecular flexibility index (Phi) is 6.83. The lowest BCUT2D eigenvalue weighted by atomic mass is 10.1. The van der Waals surface area contributed by atoms with E-state index < -0.39 is 6.10 Å². The van der Waals surface area contributed by atoms with Gasteiger partial charge in [0.2, 0.25) is 0 Å². The molecule has 1 rings (SSSR count). The number of aliphatic hydroxyl groups excluding tert-OH is 1. The van der Waals surface area contributed by atoms with Crippen molar-refractivity contribution < 1.29 is 14.6 Å². The Balaban J connectivity index is 2.32. The maximum atomic E-state index is 11.4. The Morgan fingerprint density at radius 1 is 1.39 bits per heavy atom. The van der Waals surface area contributed by atoms with Gasteiger partial charge in [0.25, 0.3) is 0 Å². The first-order valence-electron chi connectivity index (χ1n) is 6.20. The second-order valence-electron chi connectivity index (χ2n) is 4.11. The Labute approximate surface area is 113 Å². The zero-order valence-corrected chi connectivity index (χ0v) is 11.7. The van der Waals surface area contributed by atoms with Crippen LogP contribution in [0.15, 0.2) is 29.2 Å². The Bertz CT molecular complexity index is 360. The van der Waals surface area contributed by atoms with Crippen LogP contribution in [0.3, 0.4) is 0 Å². The highest BCUT2D eigenvalue weighted by Gasteiger charge is 2.05. The summed E-state index contributed by atoms with van der Waals surface area (Å²) >= 11 is 1.45. The smallest absolute Gasteiger partial charge is 0.316 e. The molecule has 0 aliphatic carbocycles. The van der Waals surface area contributed by atoms with E-state index in [1.165, 1.54) is 11.8 Å². The number of aliphatic hydroxyl groups is 1. The van der Waals surface area contributed by atoms with Gasteiger partial charge in [-0.1, -0.05) is 25.5 Å². The standard InChI is InChI=1S/C14H20O3S/c1-3-4-9-17-14(16)10-18-13-7-5-12(6-8-13)11(2)15/h5-8,11,15H,3-4,9-10H2,1-2H3. The fourth-order valence-corrected chi connectivity index (χ4v) is 2.05. The first-order valence-corrected chi connectivity index (χ1v) is 7.18. The number of carbonyl (C=O) groups excluding carboxylic acids is 1. The van der Waals surface area contributed by atoms with Crippen molar-refractivity contribution in [2.75, 3.05) is 12.4 Å². The molecule has 3 nitrogen and oxygen atoms in total. The summed E-state index contributed by atoms with van der Waals surface area (Å²) in [6.45, 7) is 4.30. The first-order chi connectivity index (χ1) is 8.63. The van der Waals surface area contributed by atoms with Crippen molar-refractivity contribution in [1.82, 2.24) is 0 Å². The zero-order valence-electron chi connectivity index (χ0n) is 10.9. The number of ether oxygens (including phenoxy) is 1. The number of esters is 1. The fraction of sp³-hybridized carbons (Fsp3) is 0.500. The van der Waals surface area contributed by atoms with Gasteiger partial charge in [0.15, 0.2) is 0 Å². The van der Waals surface area contributed by atoms with Crippen LogP contribution in [-0.4, -0.2) is 23.4 Å². The number of hydrogen-bond donors (Lipinski definition) is 1. The van der Waals surface area contributed by atoms with E-state index in [4.69, 9.17) is 4.74 Å². The van der Waals surface area contributed by atoms with Gasteiger partial charge in [0, 0.05) is 4.90 Å². The average molecular weight is 268 g/mol. The molecule has 0 saturated carbocycles. The highest BCUT2D eigenvalue weighted by Crippen LogP contribution is 2.21. The topological polar surface area (TPSA) is 46.5 Å². The van der Waals surface area contributed by atoms with Crippen LogP contribution in [0.2, 0.25) is 0 Å². The summed E-state index contributed by atoms with van der Waals surface area (Å²) in [4.78, 5) is 12.4. The summed E-state index contributed by atoms with van der Waals surface area (Å²) in [5.74, 6) is 0.158. The van der Waals surface area contributed by atoms with Crippen LogP contribution in [0, 0.1) is 0 Å². The molecule has 0 aromatic heterocycles. The average Bonchev–Trinajstić information content (AvgIpc) is 2.37. The van der Waals surface area contributed by atoms with Crippen LogP contribution in [-0.2, 0) is 9.53 Å². The van der Waals surface area contributed by atoms with Gasteiger partial charge in [0.1, 0.15) is 0 Å². The summed E-state index contributed by atoms with van der Waals surface area (Å²) in [5.41, 5.74) is 0.880. The minimum absolute atomic E-state index is 0.173. The molecule has 0 heterocycles. The first kappa shape index (κ1) is 15.1. The molecule has 0 spiro atoms. The van der Waals surface area contributed by atoms with Crippen LogP contribution >= 0.6 is 11.8 Å². The van der Waals surface area contributed by atoms with E-state index in [0.29, 0.717) is 12.4 Å². The van der Waals surface area contributed by atoms with Crippen molar-refractivity contribution in [2.45, 2.75) is 37.7 Å². The van der Waals surface area contributed by atoms with Crippen molar-refractivity contribution in [1.29, 1.82) is 0 Å². The molecule has 1 aromatic carbocycles. The van der Waals surface area contributed by atoms with Crippen LogP contribution in [0.5, 0.6) is 0 Å². The van der Waals surface area contributed by atoms with Gasteiger partial charge >= 0.3 is 5.97 Å². The highest BCUT2D eigenvalue weighted by atomic mass is 32.2. The minimum atomic E-state index is -0.456. The summed E-state index contributed by atoms with van der Waals surface area (Å²) < 4.78 is 5.07. The molecule has 1 atom stereocenters. The van der Waals surface area contributed by atoms with Crippen LogP contribution in [0.1, 0.15) is 38.4 Å². The van der Waals surface area contributed by atoms with E-state index in [1.807, 2.05) is 24.3 Å². The summed E-state index contributed by atoms with van der Waals surface area (Å²) in [6.07, 6.45) is 1.49. The molecule has 18 heavy (non-hydrogen) atoms. The van der Waals surface area contributed by atoms with E-state index in [1.54, 1.807) is 6.92 Å². The largest absolute Gasteiger partial charge is 0.465 e. The Morgan fingerprint density at radius 2 is 2.06 bits per heavy atom. The van der Waals surface area contributed by atoms with Crippen molar-refractivity contribution in [3.63, 3.8) is 0 Å². The van der Waals surface area contributed by atoms with E-state index in [2.05, 4.69) is 6.92 Å². The number of thioether (sulfide) groups is 1. The maximum Gasteiger partial charge on any atom is 0.316 e. The monoisotopic (exact) mass is 268 g/mol. The second-order valence-corrected chi connectivity index (χ2v) is 5.16. The fourth-order valence-electron chi connectivity index (χ4n) is 1.36. The third-order valence-corrected chi connectivity index (χ3v) is 3.47. The molecule has 1 N–H and O–H groups in total. The summed E-state index contributed by atoms with van der Waals surface area (Å²) in [6, 6.07) is 7.56. The van der Waals surface area contributed by atoms with Crippen LogP contribution in [0.25, 0.3) is 0 Å². The van der Waals surface area contributed by atoms with E-state index in [9.17, 15) is 9.90 Å². The molecule has 0 fully saturated rings. The van der Waals surface area contributed by atoms with E-state index >= 15 is 0 Å². The van der Waals surface area contributed by atoms with E-state index in [0.717, 1.165) is 23.3 Å². The van der Waals surface area contributed by atoms with Crippen molar-refractivity contribution >= 4 is 17.7 Å². The molecule has 0 aliphatic heterocycles. The zero-order chi connectivity index (χ0) is 13.4. The number of hydrogen-bond acceptors (Lipinski definition) is 4. The van der Waals surface area contributed by atoms with Crippen molar-refractivity contribution in [3.05, 3.63) is 29.8 Å². The molecule has 1 unspecified atom stereocenters. The number of benzene rings is 1. The van der Waals surface area contributed by atoms with Gasteiger partial charge in [-0.15, -0.1) is 11.8 Å². The van der Waals surface area contributed by atoms with Crippen LogP contribution < -0.4 is 0 Å². The van der Waals surface area contributed by atoms with Gasteiger partial charge in [-0.05, 0) is 31.0 Å². The van der Waals surface area contributed by atoms with Crippen LogP contribution in [0.4, 0.5) is 0 Å². The third kappa shape index (κ3) is 5.56. The molecule has 1 aromatic rings. The lowest BCUT2D eigenvalue weighted by Crippen LogP contribution is -2.08. The lowest BCUT2D eigenvalue weighted by Gasteiger charge is -2.06. The quantitative estimate of drug-likeness (QED) is 0.469. The Morgan fingerprint density at radius 3 is 2.61 bits per heavy atom.